The van der Waals surface area contributed by atoms with E-state index in [4.69, 9.17) is 4.74 Å². The monoisotopic (exact) mass is 254 g/mol. The fraction of sp³-hybridized carbons (Fsp3) is 0.235. The van der Waals surface area contributed by atoms with Crippen LogP contribution < -0.4 is 4.74 Å². The molecule has 0 aliphatic rings. The van der Waals surface area contributed by atoms with Gasteiger partial charge in [-0.15, -0.1) is 0 Å². The van der Waals surface area contributed by atoms with E-state index < -0.39 is 0 Å². The van der Waals surface area contributed by atoms with E-state index >= 15 is 0 Å². The van der Waals surface area contributed by atoms with E-state index in [1.54, 1.807) is 6.92 Å². The predicted molar refractivity (Wildman–Crippen MR) is 76.8 cm³/mol. The van der Waals surface area contributed by atoms with Gasteiger partial charge in [0.05, 0.1) is 6.61 Å². The van der Waals surface area contributed by atoms with Gasteiger partial charge in [-0.3, -0.25) is 4.79 Å². The second-order valence-corrected chi connectivity index (χ2v) is 4.62. The fourth-order valence-electron chi connectivity index (χ4n) is 1.95. The molecule has 0 atom stereocenters. The maximum absolute atomic E-state index is 11.3. The van der Waals surface area contributed by atoms with Gasteiger partial charge in [0.25, 0.3) is 0 Å². The SMILES string of the molecule is CC(=O)c1ccc(OCCc2ccccc2)c(C)c1. The van der Waals surface area contributed by atoms with Gasteiger partial charge in [0.2, 0.25) is 0 Å². The molecule has 0 bridgehead atoms. The Labute approximate surface area is 114 Å². The smallest absolute Gasteiger partial charge is 0.159 e. The molecule has 0 amide bonds. The summed E-state index contributed by atoms with van der Waals surface area (Å²) in [5.74, 6) is 0.930. The summed E-state index contributed by atoms with van der Waals surface area (Å²) in [5, 5.41) is 0. The van der Waals surface area contributed by atoms with E-state index in [2.05, 4.69) is 12.1 Å². The van der Waals surface area contributed by atoms with Crippen molar-refractivity contribution in [3.05, 3.63) is 65.2 Å². The van der Waals surface area contributed by atoms with Crippen LogP contribution in [0.2, 0.25) is 0 Å². The molecule has 0 N–H and O–H groups in total. The van der Waals surface area contributed by atoms with E-state index in [1.807, 2.05) is 43.3 Å². The van der Waals surface area contributed by atoms with Crippen molar-refractivity contribution >= 4 is 5.78 Å². The van der Waals surface area contributed by atoms with Crippen molar-refractivity contribution in [3.8, 4) is 5.75 Å². The molecule has 2 aromatic rings. The second-order valence-electron chi connectivity index (χ2n) is 4.62. The van der Waals surface area contributed by atoms with Crippen LogP contribution >= 0.6 is 0 Å². The Bertz CT molecular complexity index is 559. The van der Waals surface area contributed by atoms with Crippen LogP contribution in [0.25, 0.3) is 0 Å². The third-order valence-corrected chi connectivity index (χ3v) is 3.07. The molecule has 0 radical (unpaired) electrons. The molecule has 0 aliphatic carbocycles. The molecule has 0 unspecified atom stereocenters. The number of hydrogen-bond acceptors (Lipinski definition) is 2. The van der Waals surface area contributed by atoms with Gasteiger partial charge in [0, 0.05) is 12.0 Å². The Morgan fingerprint density at radius 3 is 2.47 bits per heavy atom. The molecule has 98 valence electrons. The van der Waals surface area contributed by atoms with Crippen LogP contribution in [0.5, 0.6) is 5.75 Å². The standard InChI is InChI=1S/C17H18O2/c1-13-12-16(14(2)18)8-9-17(13)19-11-10-15-6-4-3-5-7-15/h3-9,12H,10-11H2,1-2H3. The number of Topliss-reactive ketones (excluding diaryl/α,β-unsaturated/α-hetero) is 1. The molecule has 0 aliphatic heterocycles. The van der Waals surface area contributed by atoms with Crippen LogP contribution in [0.4, 0.5) is 0 Å². The van der Waals surface area contributed by atoms with Crippen molar-refractivity contribution in [1.29, 1.82) is 0 Å². The first-order valence-electron chi connectivity index (χ1n) is 6.45. The summed E-state index contributed by atoms with van der Waals surface area (Å²) in [4.78, 5) is 11.3. The number of carbonyl (C=O) groups is 1. The average molecular weight is 254 g/mol. The molecule has 0 aromatic heterocycles. The summed E-state index contributed by atoms with van der Waals surface area (Å²) in [6.45, 7) is 4.18. The van der Waals surface area contributed by atoms with Crippen molar-refractivity contribution < 1.29 is 9.53 Å². The number of carbonyl (C=O) groups excluding carboxylic acids is 1. The van der Waals surface area contributed by atoms with Crippen LogP contribution in [-0.2, 0) is 6.42 Å². The van der Waals surface area contributed by atoms with Gasteiger partial charge in [-0.05, 0) is 43.2 Å². The normalized spacial score (nSPS) is 10.2. The topological polar surface area (TPSA) is 26.3 Å². The Morgan fingerprint density at radius 1 is 1.11 bits per heavy atom. The molecule has 0 fully saturated rings. The molecular weight excluding hydrogens is 236 g/mol. The fourth-order valence-corrected chi connectivity index (χ4v) is 1.95. The summed E-state index contributed by atoms with van der Waals surface area (Å²) in [6.07, 6.45) is 0.884. The second kappa shape index (κ2) is 6.19. The minimum atomic E-state index is 0.0823. The zero-order valence-corrected chi connectivity index (χ0v) is 11.3. The van der Waals surface area contributed by atoms with Gasteiger partial charge in [0.1, 0.15) is 5.75 Å². The summed E-state index contributed by atoms with van der Waals surface area (Å²) in [7, 11) is 0. The lowest BCUT2D eigenvalue weighted by Gasteiger charge is -2.10. The highest BCUT2D eigenvalue weighted by Gasteiger charge is 2.04. The van der Waals surface area contributed by atoms with Crippen LogP contribution in [0.3, 0.4) is 0 Å². The van der Waals surface area contributed by atoms with Crippen LogP contribution in [0.15, 0.2) is 48.5 Å². The molecule has 0 saturated carbocycles. The lowest BCUT2D eigenvalue weighted by Crippen LogP contribution is -2.03. The number of ketones is 1. The van der Waals surface area contributed by atoms with Crippen molar-refractivity contribution in [2.75, 3.05) is 6.61 Å². The van der Waals surface area contributed by atoms with Crippen LogP contribution in [0, 0.1) is 6.92 Å². The molecule has 2 heteroatoms. The predicted octanol–water partition coefficient (Wildman–Crippen LogP) is 3.82. The van der Waals surface area contributed by atoms with Crippen molar-refractivity contribution in [1.82, 2.24) is 0 Å². The summed E-state index contributed by atoms with van der Waals surface area (Å²) >= 11 is 0. The highest BCUT2D eigenvalue weighted by atomic mass is 16.5. The lowest BCUT2D eigenvalue weighted by molar-refractivity contribution is 0.101. The quantitative estimate of drug-likeness (QED) is 0.758. The minimum absolute atomic E-state index is 0.0823. The average Bonchev–Trinajstić information content (AvgIpc) is 2.41. The zero-order valence-electron chi connectivity index (χ0n) is 11.3. The molecule has 2 aromatic carbocycles. The Morgan fingerprint density at radius 2 is 1.84 bits per heavy atom. The highest BCUT2D eigenvalue weighted by Crippen LogP contribution is 2.19. The Hall–Kier alpha value is -2.09. The number of hydrogen-bond donors (Lipinski definition) is 0. The molecule has 2 rings (SSSR count). The summed E-state index contributed by atoms with van der Waals surface area (Å²) in [6, 6.07) is 15.8. The number of benzene rings is 2. The highest BCUT2D eigenvalue weighted by molar-refractivity contribution is 5.94. The van der Waals surface area contributed by atoms with E-state index in [1.165, 1.54) is 5.56 Å². The summed E-state index contributed by atoms with van der Waals surface area (Å²) in [5.41, 5.74) is 2.99. The maximum Gasteiger partial charge on any atom is 0.159 e. The number of aryl methyl sites for hydroxylation is 1. The summed E-state index contributed by atoms with van der Waals surface area (Å²) < 4.78 is 5.76. The lowest BCUT2D eigenvalue weighted by atomic mass is 10.1. The van der Waals surface area contributed by atoms with Gasteiger partial charge in [-0.2, -0.15) is 0 Å². The van der Waals surface area contributed by atoms with Crippen molar-refractivity contribution in [3.63, 3.8) is 0 Å². The zero-order chi connectivity index (χ0) is 13.7. The molecule has 2 nitrogen and oxygen atoms in total. The van der Waals surface area contributed by atoms with E-state index in [9.17, 15) is 4.79 Å². The third-order valence-electron chi connectivity index (χ3n) is 3.07. The first-order valence-corrected chi connectivity index (χ1v) is 6.45. The van der Waals surface area contributed by atoms with Gasteiger partial charge in [-0.25, -0.2) is 0 Å². The molecular formula is C17H18O2. The first-order chi connectivity index (χ1) is 9.16. The maximum atomic E-state index is 11.3. The Balaban J connectivity index is 1.95. The van der Waals surface area contributed by atoms with Gasteiger partial charge < -0.3 is 4.74 Å². The number of ether oxygens (including phenoxy) is 1. The minimum Gasteiger partial charge on any atom is -0.493 e. The van der Waals surface area contributed by atoms with Crippen molar-refractivity contribution in [2.24, 2.45) is 0 Å². The number of rotatable bonds is 5. The molecule has 0 spiro atoms. The molecule has 0 heterocycles. The molecule has 19 heavy (non-hydrogen) atoms. The van der Waals surface area contributed by atoms with Gasteiger partial charge in [0.15, 0.2) is 5.78 Å². The largest absolute Gasteiger partial charge is 0.493 e. The van der Waals surface area contributed by atoms with E-state index in [-0.39, 0.29) is 5.78 Å². The van der Waals surface area contributed by atoms with Gasteiger partial charge in [-0.1, -0.05) is 30.3 Å². The van der Waals surface area contributed by atoms with E-state index in [0.717, 1.165) is 23.3 Å². The van der Waals surface area contributed by atoms with Crippen LogP contribution in [-0.4, -0.2) is 12.4 Å². The van der Waals surface area contributed by atoms with Gasteiger partial charge >= 0.3 is 0 Å². The van der Waals surface area contributed by atoms with Crippen LogP contribution in [0.1, 0.15) is 28.4 Å². The third kappa shape index (κ3) is 3.68. The molecule has 0 saturated heterocycles. The van der Waals surface area contributed by atoms with E-state index in [0.29, 0.717) is 6.61 Å². The Kier molecular flexibility index (Phi) is 4.35. The van der Waals surface area contributed by atoms with Crippen molar-refractivity contribution in [2.45, 2.75) is 20.3 Å². The first kappa shape index (κ1) is 13.3.